The van der Waals surface area contributed by atoms with Gasteiger partial charge >= 0.3 is 0 Å². The second-order valence-electron chi connectivity index (χ2n) is 3.13. The third-order valence-electron chi connectivity index (χ3n) is 2.28. The summed E-state index contributed by atoms with van der Waals surface area (Å²) in [7, 11) is 0. The summed E-state index contributed by atoms with van der Waals surface area (Å²) in [6.45, 7) is 0.668. The molecule has 0 N–H and O–H groups in total. The van der Waals surface area contributed by atoms with Crippen LogP contribution in [-0.2, 0) is 14.3 Å². The molecule has 66 valence electrons. The summed E-state index contributed by atoms with van der Waals surface area (Å²) in [6.07, 6.45) is 2.21. The quantitative estimate of drug-likeness (QED) is 0.529. The molecule has 2 saturated heterocycles. The number of rotatable bonds is 1. The molecule has 4 heteroatoms. The van der Waals surface area contributed by atoms with Crippen molar-refractivity contribution in [3.05, 3.63) is 0 Å². The first-order valence-corrected chi connectivity index (χ1v) is 4.25. The van der Waals surface area contributed by atoms with E-state index in [1.54, 1.807) is 0 Å². The van der Waals surface area contributed by atoms with Gasteiger partial charge in [0, 0.05) is 19.4 Å². The average molecular weight is 169 g/mol. The van der Waals surface area contributed by atoms with Gasteiger partial charge in [-0.05, 0) is 12.8 Å². The van der Waals surface area contributed by atoms with Gasteiger partial charge in [-0.3, -0.25) is 14.5 Å². The van der Waals surface area contributed by atoms with Crippen molar-refractivity contribution in [2.75, 3.05) is 6.61 Å². The Bertz CT molecular complexity index is 204. The molecule has 0 aromatic carbocycles. The molecular formula is C8H11NO3. The summed E-state index contributed by atoms with van der Waals surface area (Å²) < 4.78 is 5.26. The van der Waals surface area contributed by atoms with Crippen LogP contribution in [0, 0.1) is 0 Å². The second kappa shape index (κ2) is 2.86. The van der Waals surface area contributed by atoms with E-state index in [9.17, 15) is 9.59 Å². The average Bonchev–Trinajstić information content (AvgIpc) is 2.61. The number of likely N-dealkylation sites (tertiary alicyclic amines) is 1. The Labute approximate surface area is 70.5 Å². The van der Waals surface area contributed by atoms with E-state index in [4.69, 9.17) is 4.74 Å². The van der Waals surface area contributed by atoms with Crippen LogP contribution < -0.4 is 0 Å². The minimum absolute atomic E-state index is 0.0769. The van der Waals surface area contributed by atoms with Crippen LogP contribution in [0.1, 0.15) is 25.7 Å². The van der Waals surface area contributed by atoms with E-state index >= 15 is 0 Å². The fraction of sp³-hybridized carbons (Fsp3) is 0.750. The summed E-state index contributed by atoms with van der Waals surface area (Å²) in [4.78, 5) is 23.7. The predicted octanol–water partition coefficient (Wildman–Crippen LogP) is 0.272. The summed E-state index contributed by atoms with van der Waals surface area (Å²) in [5, 5.41) is 0. The highest BCUT2D eigenvalue weighted by molar-refractivity contribution is 6.02. The molecule has 12 heavy (non-hydrogen) atoms. The normalized spacial score (nSPS) is 30.3. The number of imide groups is 1. The Morgan fingerprint density at radius 2 is 1.92 bits per heavy atom. The van der Waals surface area contributed by atoms with Crippen LogP contribution in [-0.4, -0.2) is 29.5 Å². The lowest BCUT2D eigenvalue weighted by atomic mass is 10.3. The van der Waals surface area contributed by atoms with Gasteiger partial charge in [0.05, 0.1) is 0 Å². The Morgan fingerprint density at radius 3 is 2.42 bits per heavy atom. The standard InChI is InChI=1S/C8H11NO3/c10-6-3-4-7(11)9(6)8-2-1-5-12-8/h8H,1-5H2. The van der Waals surface area contributed by atoms with Crippen molar-refractivity contribution >= 4 is 11.8 Å². The van der Waals surface area contributed by atoms with Crippen molar-refractivity contribution in [3.63, 3.8) is 0 Å². The van der Waals surface area contributed by atoms with Gasteiger partial charge in [-0.1, -0.05) is 0 Å². The highest BCUT2D eigenvalue weighted by Gasteiger charge is 2.36. The van der Waals surface area contributed by atoms with Crippen LogP contribution in [0.2, 0.25) is 0 Å². The topological polar surface area (TPSA) is 46.6 Å². The predicted molar refractivity (Wildman–Crippen MR) is 40.1 cm³/mol. The number of hydrogen-bond acceptors (Lipinski definition) is 3. The fourth-order valence-electron chi connectivity index (χ4n) is 1.68. The van der Waals surface area contributed by atoms with Gasteiger partial charge in [-0.2, -0.15) is 0 Å². The van der Waals surface area contributed by atoms with Crippen LogP contribution in [0.3, 0.4) is 0 Å². The Hall–Kier alpha value is -0.900. The largest absolute Gasteiger partial charge is 0.358 e. The van der Waals surface area contributed by atoms with Crippen LogP contribution in [0.25, 0.3) is 0 Å². The summed E-state index contributed by atoms with van der Waals surface area (Å²) >= 11 is 0. The van der Waals surface area contributed by atoms with Crippen molar-refractivity contribution in [2.24, 2.45) is 0 Å². The summed E-state index contributed by atoms with van der Waals surface area (Å²) in [5.41, 5.74) is 0. The second-order valence-corrected chi connectivity index (χ2v) is 3.13. The molecule has 0 aromatic rings. The highest BCUT2D eigenvalue weighted by atomic mass is 16.5. The van der Waals surface area contributed by atoms with Gasteiger partial charge in [0.2, 0.25) is 11.8 Å². The van der Waals surface area contributed by atoms with Crippen LogP contribution in [0.5, 0.6) is 0 Å². The van der Waals surface area contributed by atoms with Crippen molar-refractivity contribution in [1.82, 2.24) is 4.90 Å². The maximum atomic E-state index is 11.2. The molecule has 2 fully saturated rings. The van der Waals surface area contributed by atoms with Gasteiger partial charge in [-0.15, -0.1) is 0 Å². The number of carbonyl (C=O) groups excluding carboxylic acids is 2. The maximum Gasteiger partial charge on any atom is 0.231 e. The zero-order chi connectivity index (χ0) is 8.55. The van der Waals surface area contributed by atoms with Crippen LogP contribution in [0.4, 0.5) is 0 Å². The molecule has 4 nitrogen and oxygen atoms in total. The molecule has 2 aliphatic rings. The lowest BCUT2D eigenvalue weighted by Crippen LogP contribution is -2.38. The van der Waals surface area contributed by atoms with Crippen LogP contribution in [0.15, 0.2) is 0 Å². The van der Waals surface area contributed by atoms with Gasteiger partial charge in [-0.25, -0.2) is 0 Å². The number of hydrogen-bond donors (Lipinski definition) is 0. The van der Waals surface area contributed by atoms with E-state index in [0.717, 1.165) is 12.8 Å². The Kier molecular flexibility index (Phi) is 1.84. The third-order valence-corrected chi connectivity index (χ3v) is 2.28. The van der Waals surface area contributed by atoms with E-state index in [-0.39, 0.29) is 18.0 Å². The molecular weight excluding hydrogens is 158 g/mol. The Morgan fingerprint density at radius 1 is 1.25 bits per heavy atom. The Balaban J connectivity index is 2.09. The molecule has 0 aromatic heterocycles. The number of amides is 2. The van der Waals surface area contributed by atoms with Crippen molar-refractivity contribution in [1.29, 1.82) is 0 Å². The van der Waals surface area contributed by atoms with Crippen LogP contribution >= 0.6 is 0 Å². The molecule has 0 aliphatic carbocycles. The maximum absolute atomic E-state index is 11.2. The zero-order valence-corrected chi connectivity index (χ0v) is 6.78. The highest BCUT2D eigenvalue weighted by Crippen LogP contribution is 2.22. The molecule has 2 amide bonds. The third kappa shape index (κ3) is 1.12. The molecule has 1 unspecified atom stereocenters. The molecule has 1 atom stereocenters. The van der Waals surface area contributed by atoms with E-state index < -0.39 is 0 Å². The van der Waals surface area contributed by atoms with E-state index in [0.29, 0.717) is 19.4 Å². The molecule has 0 saturated carbocycles. The summed E-state index contributed by atoms with van der Waals surface area (Å²) in [5.74, 6) is -0.154. The summed E-state index contributed by atoms with van der Waals surface area (Å²) in [6, 6.07) is 0. The lowest BCUT2D eigenvalue weighted by molar-refractivity contribution is -0.150. The number of nitrogens with zero attached hydrogens (tertiary/aromatic N) is 1. The van der Waals surface area contributed by atoms with Crippen molar-refractivity contribution < 1.29 is 14.3 Å². The van der Waals surface area contributed by atoms with Gasteiger partial charge in [0.1, 0.15) is 6.23 Å². The molecule has 0 radical (unpaired) electrons. The number of carbonyl (C=O) groups is 2. The van der Waals surface area contributed by atoms with Gasteiger partial charge in [0.25, 0.3) is 0 Å². The molecule has 0 bridgehead atoms. The first-order chi connectivity index (χ1) is 5.79. The number of ether oxygens (including phenoxy) is 1. The lowest BCUT2D eigenvalue weighted by Gasteiger charge is -2.20. The van der Waals surface area contributed by atoms with Crippen molar-refractivity contribution in [2.45, 2.75) is 31.9 Å². The minimum Gasteiger partial charge on any atom is -0.358 e. The van der Waals surface area contributed by atoms with E-state index in [1.807, 2.05) is 0 Å². The first-order valence-electron chi connectivity index (χ1n) is 4.25. The SMILES string of the molecule is O=C1CCC(=O)N1C1CCCO1. The minimum atomic E-state index is -0.257. The monoisotopic (exact) mass is 169 g/mol. The molecule has 2 heterocycles. The van der Waals surface area contributed by atoms with Crippen molar-refractivity contribution in [3.8, 4) is 0 Å². The van der Waals surface area contributed by atoms with Gasteiger partial charge in [0.15, 0.2) is 0 Å². The molecule has 2 aliphatic heterocycles. The smallest absolute Gasteiger partial charge is 0.231 e. The first kappa shape index (κ1) is 7.73. The molecule has 2 rings (SSSR count). The molecule has 0 spiro atoms. The van der Waals surface area contributed by atoms with E-state index in [2.05, 4.69) is 0 Å². The van der Waals surface area contributed by atoms with E-state index in [1.165, 1.54) is 4.90 Å². The fourth-order valence-corrected chi connectivity index (χ4v) is 1.68. The zero-order valence-electron chi connectivity index (χ0n) is 6.78. The van der Waals surface area contributed by atoms with Gasteiger partial charge < -0.3 is 4.74 Å².